The van der Waals surface area contributed by atoms with Gasteiger partial charge in [0, 0.05) is 5.56 Å². The average Bonchev–Trinajstić information content (AvgIpc) is 3.35. The first-order chi connectivity index (χ1) is 22.0. The fourth-order valence-corrected chi connectivity index (χ4v) is 5.56. The van der Waals surface area contributed by atoms with Crippen LogP contribution >= 0.6 is 23.2 Å². The van der Waals surface area contributed by atoms with Crippen molar-refractivity contribution in [2.75, 3.05) is 29.5 Å². The van der Waals surface area contributed by atoms with Gasteiger partial charge in [-0.05, 0) is 29.8 Å². The molecule has 2 heterocycles. The molecule has 0 radical (unpaired) electrons. The second-order valence-corrected chi connectivity index (χ2v) is 11.2. The lowest BCUT2D eigenvalue weighted by atomic mass is 10.1. The Hall–Kier alpha value is -4.69. The van der Waals surface area contributed by atoms with Gasteiger partial charge in [0.2, 0.25) is 12.2 Å². The molecule has 4 amide bonds. The number of phenolic OH excluding ortho intramolecular Hbond substituents is 1. The number of amides is 4. The van der Waals surface area contributed by atoms with Crippen molar-refractivity contribution < 1.29 is 43.7 Å². The third kappa shape index (κ3) is 7.23. The molecule has 0 saturated carbocycles. The normalized spacial score (nSPS) is 19.2. The van der Waals surface area contributed by atoms with E-state index in [9.17, 15) is 34.2 Å². The van der Waals surface area contributed by atoms with E-state index in [1.807, 2.05) is 30.3 Å². The summed E-state index contributed by atoms with van der Waals surface area (Å²) in [7, 11) is 0. The molecule has 1 saturated heterocycles. The van der Waals surface area contributed by atoms with Gasteiger partial charge in [-0.2, -0.15) is 0 Å². The molecule has 0 aliphatic carbocycles. The number of anilines is 2. The number of fused-ring (bicyclic) bond motifs is 1. The van der Waals surface area contributed by atoms with Gasteiger partial charge in [0.05, 0.1) is 41.0 Å². The van der Waals surface area contributed by atoms with Crippen molar-refractivity contribution in [3.8, 4) is 5.75 Å². The monoisotopic (exact) mass is 670 g/mol. The molecule has 3 atom stereocenters. The number of para-hydroxylation sites is 2. The number of nitrogens with zero attached hydrogens (tertiary/aromatic N) is 2. The zero-order valence-electron chi connectivity index (χ0n) is 24.0. The lowest BCUT2D eigenvalue weighted by molar-refractivity contribution is -0.168. The summed E-state index contributed by atoms with van der Waals surface area (Å²) in [5.41, 5.74) is 1.11. The number of ether oxygens (including phenoxy) is 2. The predicted octanol–water partition coefficient (Wildman–Crippen LogP) is 2.14. The molecule has 5 rings (SSSR count). The van der Waals surface area contributed by atoms with Gasteiger partial charge in [0.15, 0.2) is 5.75 Å². The lowest BCUT2D eigenvalue weighted by Crippen LogP contribution is -2.55. The van der Waals surface area contributed by atoms with Gasteiger partial charge >= 0.3 is 5.97 Å². The maximum Gasteiger partial charge on any atom is 0.310 e. The molecule has 15 heteroatoms. The number of hydrogen-bond donors (Lipinski definition) is 4. The maximum atomic E-state index is 14.0. The Balaban J connectivity index is 1.38. The van der Waals surface area contributed by atoms with Gasteiger partial charge in [-0.25, -0.2) is 0 Å². The fraction of sp³-hybridized carbons (Fsp3) is 0.258. The van der Waals surface area contributed by atoms with Crippen LogP contribution in [0.15, 0.2) is 66.7 Å². The molecule has 240 valence electrons. The summed E-state index contributed by atoms with van der Waals surface area (Å²) < 4.78 is 11.0. The maximum absolute atomic E-state index is 14.0. The van der Waals surface area contributed by atoms with E-state index in [1.54, 1.807) is 12.1 Å². The van der Waals surface area contributed by atoms with Gasteiger partial charge < -0.3 is 35.2 Å². The number of carbonyl (C=O) groups is 5. The molecule has 13 nitrogen and oxygen atoms in total. The van der Waals surface area contributed by atoms with Crippen LogP contribution in [-0.2, 0) is 35.3 Å². The quantitative estimate of drug-likeness (QED) is 0.249. The molecular formula is C31H28Cl2N4O9. The minimum atomic E-state index is -1.41. The number of benzene rings is 3. The van der Waals surface area contributed by atoms with E-state index in [1.165, 1.54) is 12.1 Å². The summed E-state index contributed by atoms with van der Waals surface area (Å²) in [5.74, 6) is -4.01. The zero-order chi connectivity index (χ0) is 33.0. The topological polar surface area (TPSA) is 175 Å². The molecule has 2 aliphatic heterocycles. The Bertz CT molecular complexity index is 1650. The van der Waals surface area contributed by atoms with Crippen molar-refractivity contribution in [3.05, 3.63) is 87.9 Å². The van der Waals surface area contributed by atoms with Gasteiger partial charge in [-0.1, -0.05) is 65.7 Å². The summed E-state index contributed by atoms with van der Waals surface area (Å²) >= 11 is 11.9. The Labute approximate surface area is 272 Å². The number of phenols is 1. The van der Waals surface area contributed by atoms with Crippen LogP contribution in [0.2, 0.25) is 10.0 Å². The number of esters is 1. The number of aliphatic hydroxyl groups is 1. The van der Waals surface area contributed by atoms with Gasteiger partial charge in [-0.3, -0.25) is 28.9 Å². The van der Waals surface area contributed by atoms with Crippen LogP contribution in [0.25, 0.3) is 0 Å². The number of aliphatic hydroxyl groups excluding tert-OH is 1. The first-order valence-electron chi connectivity index (χ1n) is 14.0. The summed E-state index contributed by atoms with van der Waals surface area (Å²) in [4.78, 5) is 67.8. The summed E-state index contributed by atoms with van der Waals surface area (Å²) in [6.07, 6.45) is -1.23. The lowest BCUT2D eigenvalue weighted by Gasteiger charge is -2.26. The number of nitrogens with one attached hydrogen (secondary N) is 2. The number of hydrogen-bond acceptors (Lipinski definition) is 9. The minimum absolute atomic E-state index is 0.0841. The summed E-state index contributed by atoms with van der Waals surface area (Å²) in [5, 5.41) is 24.4. The van der Waals surface area contributed by atoms with Gasteiger partial charge in [-0.15, -0.1) is 0 Å². The molecule has 1 unspecified atom stereocenters. The standard InChI is InChI=1S/C31H28Cl2N4O9/c32-19-10-18(11-20(33)28(19)42)29(43)35-22-13-36(26(40)15-38)23-8-4-5-9-24(23)37(30(22)44)14-25(39)34-21-12-27(41)46-31(21)45-16-17-6-2-1-3-7-17/h1-11,21-22,31,38,42H,12-16H2,(H,34,39)(H,35,43)/t21-,22-,31?/m0/s1. The first-order valence-corrected chi connectivity index (χ1v) is 14.8. The van der Waals surface area contributed by atoms with Crippen LogP contribution < -0.4 is 20.4 Å². The SMILES string of the molecule is O=C(CN1C(=O)[C@@H](NC(=O)c2cc(Cl)c(O)c(Cl)c2)CN(C(=O)CO)c2ccccc21)N[C@H]1CC(=O)OC1OCc1ccccc1. The summed E-state index contributed by atoms with van der Waals surface area (Å²) in [6, 6.07) is 15.4. The Morgan fingerprint density at radius 2 is 1.61 bits per heavy atom. The highest BCUT2D eigenvalue weighted by Gasteiger charge is 2.40. The molecule has 0 spiro atoms. The van der Waals surface area contributed by atoms with Crippen LogP contribution in [0, 0.1) is 0 Å². The van der Waals surface area contributed by atoms with Gasteiger partial charge in [0.25, 0.3) is 17.7 Å². The highest BCUT2D eigenvalue weighted by molar-refractivity contribution is 6.37. The summed E-state index contributed by atoms with van der Waals surface area (Å²) in [6.45, 7) is -1.74. The third-order valence-electron chi connectivity index (χ3n) is 7.28. The molecule has 3 aromatic carbocycles. The number of halogens is 2. The smallest absolute Gasteiger partial charge is 0.310 e. The number of rotatable bonds is 9. The Kier molecular flexibility index (Phi) is 10.1. The largest absolute Gasteiger partial charge is 0.505 e. The van der Waals surface area contributed by atoms with Gasteiger partial charge in [0.1, 0.15) is 25.2 Å². The highest BCUT2D eigenvalue weighted by Crippen LogP contribution is 2.34. The van der Waals surface area contributed by atoms with Crippen LogP contribution in [0.3, 0.4) is 0 Å². The molecule has 4 N–H and O–H groups in total. The Morgan fingerprint density at radius 3 is 2.28 bits per heavy atom. The van der Waals surface area contributed by atoms with Crippen LogP contribution in [0.1, 0.15) is 22.3 Å². The molecule has 2 aliphatic rings. The highest BCUT2D eigenvalue weighted by atomic mass is 35.5. The number of cyclic esters (lactones) is 1. The van der Waals surface area contributed by atoms with E-state index in [0.717, 1.165) is 27.5 Å². The second kappa shape index (κ2) is 14.2. The molecule has 3 aromatic rings. The molecular weight excluding hydrogens is 643 g/mol. The molecule has 0 bridgehead atoms. The van der Waals surface area contributed by atoms with E-state index >= 15 is 0 Å². The van der Waals surface area contributed by atoms with Crippen molar-refractivity contribution in [2.24, 2.45) is 0 Å². The fourth-order valence-electron chi connectivity index (χ4n) is 5.07. The number of carbonyl (C=O) groups excluding carboxylic acids is 5. The molecule has 0 aromatic heterocycles. The first kappa shape index (κ1) is 32.7. The van der Waals surface area contributed by atoms with Crippen LogP contribution in [0.4, 0.5) is 11.4 Å². The molecule has 46 heavy (non-hydrogen) atoms. The van der Waals surface area contributed by atoms with E-state index in [0.29, 0.717) is 0 Å². The van der Waals surface area contributed by atoms with Crippen LogP contribution in [-0.4, -0.2) is 77.9 Å². The van der Waals surface area contributed by atoms with Crippen molar-refractivity contribution >= 4 is 64.2 Å². The Morgan fingerprint density at radius 1 is 0.957 bits per heavy atom. The van der Waals surface area contributed by atoms with Crippen molar-refractivity contribution in [1.82, 2.24) is 10.6 Å². The average molecular weight is 671 g/mol. The second-order valence-electron chi connectivity index (χ2n) is 10.4. The van der Waals surface area contributed by atoms with E-state index in [2.05, 4.69) is 10.6 Å². The van der Waals surface area contributed by atoms with Crippen molar-refractivity contribution in [2.45, 2.75) is 31.4 Å². The predicted molar refractivity (Wildman–Crippen MR) is 165 cm³/mol. The van der Waals surface area contributed by atoms with Crippen molar-refractivity contribution in [1.29, 1.82) is 0 Å². The number of aromatic hydroxyl groups is 1. The van der Waals surface area contributed by atoms with E-state index < -0.39 is 66.9 Å². The third-order valence-corrected chi connectivity index (χ3v) is 7.86. The van der Waals surface area contributed by atoms with Crippen LogP contribution in [0.5, 0.6) is 5.75 Å². The van der Waals surface area contributed by atoms with E-state index in [4.69, 9.17) is 32.7 Å². The zero-order valence-corrected chi connectivity index (χ0v) is 25.5. The minimum Gasteiger partial charge on any atom is -0.505 e. The molecule has 1 fully saturated rings. The van der Waals surface area contributed by atoms with Crippen molar-refractivity contribution in [3.63, 3.8) is 0 Å². The van der Waals surface area contributed by atoms with E-state index in [-0.39, 0.29) is 46.6 Å².